The van der Waals surface area contributed by atoms with Gasteiger partial charge in [-0.3, -0.25) is 9.59 Å². The molecule has 0 amide bonds. The second kappa shape index (κ2) is 23.1. The predicted octanol–water partition coefficient (Wildman–Crippen LogP) is 5.77. The zero-order chi connectivity index (χ0) is 26.2. The molecule has 0 aromatic heterocycles. The molecule has 0 saturated carbocycles. The van der Waals surface area contributed by atoms with E-state index in [0.717, 1.165) is 12.8 Å². The molecule has 0 fully saturated rings. The Kier molecular flexibility index (Phi) is 23.4. The van der Waals surface area contributed by atoms with Crippen LogP contribution >= 0.6 is 0 Å². The minimum absolute atomic E-state index is 0.0271. The zero-order valence-corrected chi connectivity index (χ0v) is 21.5. The molecule has 0 radical (unpaired) electrons. The fourth-order valence-corrected chi connectivity index (χ4v) is 3.71. The quantitative estimate of drug-likeness (QED) is 0.120. The first-order valence-corrected chi connectivity index (χ1v) is 13.2. The summed E-state index contributed by atoms with van der Waals surface area (Å²) in [7, 11) is 0. The van der Waals surface area contributed by atoms with Crippen molar-refractivity contribution in [3.05, 3.63) is 0 Å². The molecule has 0 aromatic carbocycles. The van der Waals surface area contributed by atoms with Crippen LogP contribution in [0.25, 0.3) is 0 Å². The number of rotatable bonds is 22. The maximum Gasteiger partial charge on any atom is 0.336 e. The maximum absolute atomic E-state index is 10.3. The topological polar surface area (TPSA) is 152 Å². The van der Waals surface area contributed by atoms with Crippen molar-refractivity contribution in [2.75, 3.05) is 0 Å². The second-order valence-electron chi connectivity index (χ2n) is 9.31. The number of carboxylic acid groups (broad SMARTS) is 3. The lowest BCUT2D eigenvalue weighted by atomic mass is 9.96. The fraction of sp³-hybridized carbons (Fsp3) is 0.885. The van der Waals surface area contributed by atoms with Gasteiger partial charge in [-0.15, -0.1) is 0 Å². The normalized spacial score (nSPS) is 12.0. The molecular weight excluding hydrogens is 440 g/mol. The minimum Gasteiger partial charge on any atom is -0.481 e. The highest BCUT2D eigenvalue weighted by Crippen LogP contribution is 2.16. The van der Waals surface area contributed by atoms with Crippen LogP contribution in [0.5, 0.6) is 0 Å². The smallest absolute Gasteiger partial charge is 0.336 e. The molecule has 0 saturated heterocycles. The molecule has 0 spiro atoms. The molecule has 1 unspecified atom stereocenters. The Morgan fingerprint density at radius 3 is 1.15 bits per heavy atom. The third kappa shape index (κ3) is 23.5. The summed E-state index contributed by atoms with van der Waals surface area (Å²) in [6.45, 7) is 4.53. The van der Waals surface area contributed by atoms with Gasteiger partial charge in [0.25, 0.3) is 0 Å². The number of aliphatic hydroxyl groups is 2. The summed E-state index contributed by atoms with van der Waals surface area (Å²) in [6, 6.07) is 0. The number of carbonyl (C=O) groups is 3. The van der Waals surface area contributed by atoms with Crippen molar-refractivity contribution in [1.82, 2.24) is 0 Å². The van der Waals surface area contributed by atoms with E-state index >= 15 is 0 Å². The average Bonchev–Trinajstić information content (AvgIpc) is 2.74. The molecule has 8 nitrogen and oxygen atoms in total. The van der Waals surface area contributed by atoms with Gasteiger partial charge in [-0.05, 0) is 12.8 Å². The number of aliphatic carboxylic acids is 3. The summed E-state index contributed by atoms with van der Waals surface area (Å²) in [5, 5.41) is 43.8. The Bertz CT molecular complexity index is 505. The molecule has 0 heterocycles. The van der Waals surface area contributed by atoms with Gasteiger partial charge in [0, 0.05) is 0 Å². The third-order valence-electron chi connectivity index (χ3n) is 5.82. The SMILES string of the molecule is CCCCCCCCCCCC(O)CCCCCCCC.O=C(O)CC(O)(CC(=O)O)C(=O)O. The van der Waals surface area contributed by atoms with Crippen LogP contribution in [0.4, 0.5) is 0 Å². The van der Waals surface area contributed by atoms with Gasteiger partial charge >= 0.3 is 17.9 Å². The van der Waals surface area contributed by atoms with Gasteiger partial charge in [0.05, 0.1) is 18.9 Å². The van der Waals surface area contributed by atoms with Crippen molar-refractivity contribution in [3.63, 3.8) is 0 Å². The average molecular weight is 491 g/mol. The van der Waals surface area contributed by atoms with E-state index in [-0.39, 0.29) is 6.10 Å². The van der Waals surface area contributed by atoms with Crippen molar-refractivity contribution in [3.8, 4) is 0 Å². The van der Waals surface area contributed by atoms with Gasteiger partial charge in [-0.25, -0.2) is 4.79 Å². The lowest BCUT2D eigenvalue weighted by molar-refractivity contribution is -0.170. The molecule has 202 valence electrons. The van der Waals surface area contributed by atoms with Gasteiger partial charge < -0.3 is 25.5 Å². The molecule has 5 N–H and O–H groups in total. The fourth-order valence-electron chi connectivity index (χ4n) is 3.71. The van der Waals surface area contributed by atoms with E-state index in [1.165, 1.54) is 96.3 Å². The van der Waals surface area contributed by atoms with E-state index in [9.17, 15) is 19.5 Å². The van der Waals surface area contributed by atoms with Crippen LogP contribution in [0.1, 0.15) is 136 Å². The molecule has 0 aliphatic heterocycles. The second-order valence-corrected chi connectivity index (χ2v) is 9.31. The summed E-state index contributed by atoms with van der Waals surface area (Å²) in [4.78, 5) is 30.5. The lowest BCUT2D eigenvalue weighted by Crippen LogP contribution is -2.42. The molecule has 0 aliphatic rings. The summed E-state index contributed by atoms with van der Waals surface area (Å²) >= 11 is 0. The standard InChI is InChI=1S/C20H42O.C6H8O7/c1-3-5-7-9-11-12-13-15-17-19-20(21)18-16-14-10-8-6-4-2;7-3(8)1-6(13,5(11)12)2-4(9)10/h20-21H,3-19H2,1-2H3;13H,1-2H2,(H,7,8)(H,9,10)(H,11,12). The highest BCUT2D eigenvalue weighted by atomic mass is 16.4. The van der Waals surface area contributed by atoms with Crippen molar-refractivity contribution >= 4 is 17.9 Å². The summed E-state index contributed by atoms with van der Waals surface area (Å²) < 4.78 is 0. The highest BCUT2D eigenvalue weighted by molar-refractivity contribution is 5.88. The predicted molar refractivity (Wildman–Crippen MR) is 133 cm³/mol. The molecule has 8 heteroatoms. The molecule has 1 atom stereocenters. The lowest BCUT2D eigenvalue weighted by Gasteiger charge is -2.18. The van der Waals surface area contributed by atoms with Crippen LogP contribution in [-0.4, -0.2) is 55.1 Å². The van der Waals surface area contributed by atoms with E-state index in [2.05, 4.69) is 13.8 Å². The number of unbranched alkanes of at least 4 members (excludes halogenated alkanes) is 13. The molecule has 0 rings (SSSR count). The molecular formula is C26H50O8. The van der Waals surface area contributed by atoms with Gasteiger partial charge in [-0.2, -0.15) is 0 Å². The van der Waals surface area contributed by atoms with Gasteiger partial charge in [-0.1, -0.05) is 110 Å². The van der Waals surface area contributed by atoms with Gasteiger partial charge in [0.15, 0.2) is 5.60 Å². The molecule has 34 heavy (non-hydrogen) atoms. The van der Waals surface area contributed by atoms with Crippen LogP contribution in [0.2, 0.25) is 0 Å². The Morgan fingerprint density at radius 1 is 0.588 bits per heavy atom. The number of hydrogen-bond donors (Lipinski definition) is 5. The monoisotopic (exact) mass is 490 g/mol. The van der Waals surface area contributed by atoms with Gasteiger partial charge in [0.2, 0.25) is 0 Å². The number of carboxylic acids is 3. The maximum atomic E-state index is 10.3. The van der Waals surface area contributed by atoms with Crippen LogP contribution in [-0.2, 0) is 14.4 Å². The van der Waals surface area contributed by atoms with E-state index in [4.69, 9.17) is 20.4 Å². The van der Waals surface area contributed by atoms with E-state index in [1.54, 1.807) is 0 Å². The van der Waals surface area contributed by atoms with Crippen LogP contribution < -0.4 is 0 Å². The third-order valence-corrected chi connectivity index (χ3v) is 5.82. The van der Waals surface area contributed by atoms with Crippen LogP contribution in [0.3, 0.4) is 0 Å². The molecule has 0 bridgehead atoms. The Hall–Kier alpha value is -1.67. The van der Waals surface area contributed by atoms with Crippen LogP contribution in [0, 0.1) is 0 Å². The van der Waals surface area contributed by atoms with Crippen molar-refractivity contribution in [2.24, 2.45) is 0 Å². The summed E-state index contributed by atoms with van der Waals surface area (Å²) in [6.07, 6.45) is 20.1. The summed E-state index contributed by atoms with van der Waals surface area (Å²) in [5.74, 6) is -5.02. The first-order valence-electron chi connectivity index (χ1n) is 13.2. The first-order chi connectivity index (χ1) is 16.1. The Labute approximate surface area is 205 Å². The van der Waals surface area contributed by atoms with E-state index in [0.29, 0.717) is 0 Å². The molecule has 0 aliphatic carbocycles. The van der Waals surface area contributed by atoms with Crippen molar-refractivity contribution in [1.29, 1.82) is 0 Å². The summed E-state index contributed by atoms with van der Waals surface area (Å²) in [5.41, 5.74) is -2.74. The molecule has 0 aromatic rings. The van der Waals surface area contributed by atoms with Crippen LogP contribution in [0.15, 0.2) is 0 Å². The largest absolute Gasteiger partial charge is 0.481 e. The van der Waals surface area contributed by atoms with Crippen molar-refractivity contribution in [2.45, 2.75) is 148 Å². The van der Waals surface area contributed by atoms with Crippen molar-refractivity contribution < 1.29 is 39.9 Å². The number of aliphatic hydroxyl groups excluding tert-OH is 1. The van der Waals surface area contributed by atoms with Gasteiger partial charge in [0.1, 0.15) is 0 Å². The minimum atomic E-state index is -2.74. The Morgan fingerprint density at radius 2 is 0.882 bits per heavy atom. The zero-order valence-electron chi connectivity index (χ0n) is 21.5. The highest BCUT2D eigenvalue weighted by Gasteiger charge is 2.40. The van der Waals surface area contributed by atoms with E-state index < -0.39 is 36.4 Å². The first kappa shape index (κ1) is 34.5. The Balaban J connectivity index is 0. The van der Waals surface area contributed by atoms with E-state index in [1.807, 2.05) is 0 Å². The number of hydrogen-bond acceptors (Lipinski definition) is 5.